The van der Waals surface area contributed by atoms with Gasteiger partial charge in [-0.25, -0.2) is 4.98 Å². The molecule has 1 aliphatic rings. The summed E-state index contributed by atoms with van der Waals surface area (Å²) in [5, 5.41) is 10.5. The second kappa shape index (κ2) is 8.60. The highest BCUT2D eigenvalue weighted by Gasteiger charge is 2.20. The van der Waals surface area contributed by atoms with Crippen LogP contribution in [0.1, 0.15) is 16.7 Å². The van der Waals surface area contributed by atoms with E-state index in [2.05, 4.69) is 93.3 Å². The van der Waals surface area contributed by atoms with Crippen LogP contribution in [0.15, 0.2) is 79.1 Å². The number of hydrogen-bond donors (Lipinski definition) is 2. The molecule has 4 aromatic rings. The molecule has 0 bridgehead atoms. The standard InChI is InChI=1S/C24H22N4.ClH/c1-2-6-22-14-23(13-21(22)5-1)25-15-17-4-3-7-20(12-17)18-8-10-19(11-9-18)24-26-16-27-28-24;/h1-12,16,23,25H,13-15H2,(H,26,27,28);1H. The minimum absolute atomic E-state index is 0. The van der Waals surface area contributed by atoms with Gasteiger partial charge in [0, 0.05) is 18.2 Å². The third-order valence-corrected chi connectivity index (χ3v) is 5.48. The van der Waals surface area contributed by atoms with Gasteiger partial charge in [-0.05, 0) is 46.7 Å². The van der Waals surface area contributed by atoms with Crippen LogP contribution in [0.25, 0.3) is 22.5 Å². The second-order valence-electron chi connectivity index (χ2n) is 7.37. The Labute approximate surface area is 176 Å². The normalized spacial score (nSPS) is 13.1. The second-order valence-corrected chi connectivity index (χ2v) is 7.37. The Bertz CT molecular complexity index is 1050. The Morgan fingerprint density at radius 1 is 0.828 bits per heavy atom. The summed E-state index contributed by atoms with van der Waals surface area (Å²) >= 11 is 0. The van der Waals surface area contributed by atoms with E-state index in [1.165, 1.54) is 34.1 Å². The topological polar surface area (TPSA) is 53.6 Å². The number of hydrogen-bond acceptors (Lipinski definition) is 3. The Morgan fingerprint density at radius 3 is 2.24 bits per heavy atom. The van der Waals surface area contributed by atoms with Gasteiger partial charge in [-0.3, -0.25) is 5.10 Å². The highest BCUT2D eigenvalue weighted by atomic mass is 35.5. The first-order chi connectivity index (χ1) is 13.8. The highest BCUT2D eigenvalue weighted by molar-refractivity contribution is 5.85. The van der Waals surface area contributed by atoms with Gasteiger partial charge >= 0.3 is 0 Å². The molecule has 5 rings (SSSR count). The van der Waals surface area contributed by atoms with Crippen molar-refractivity contribution in [3.63, 3.8) is 0 Å². The van der Waals surface area contributed by atoms with Crippen LogP contribution >= 0.6 is 12.4 Å². The van der Waals surface area contributed by atoms with E-state index in [4.69, 9.17) is 0 Å². The third-order valence-electron chi connectivity index (χ3n) is 5.48. The summed E-state index contributed by atoms with van der Waals surface area (Å²) in [6.07, 6.45) is 3.78. The van der Waals surface area contributed by atoms with Gasteiger partial charge in [-0.15, -0.1) is 12.4 Å². The number of aromatic amines is 1. The molecule has 0 unspecified atom stereocenters. The Hall–Kier alpha value is -2.95. The van der Waals surface area contributed by atoms with E-state index in [1.54, 1.807) is 0 Å². The van der Waals surface area contributed by atoms with Gasteiger partial charge in [0.1, 0.15) is 6.33 Å². The van der Waals surface area contributed by atoms with Crippen LogP contribution in [0.4, 0.5) is 0 Å². The van der Waals surface area contributed by atoms with Gasteiger partial charge in [0.15, 0.2) is 5.82 Å². The summed E-state index contributed by atoms with van der Waals surface area (Å²) in [4.78, 5) is 4.21. The quantitative estimate of drug-likeness (QED) is 0.503. The molecule has 3 aromatic carbocycles. The molecule has 0 atom stereocenters. The Kier molecular flexibility index (Phi) is 5.74. The van der Waals surface area contributed by atoms with Crippen molar-refractivity contribution in [1.82, 2.24) is 20.5 Å². The van der Waals surface area contributed by atoms with Crippen molar-refractivity contribution < 1.29 is 0 Å². The van der Waals surface area contributed by atoms with Gasteiger partial charge < -0.3 is 5.32 Å². The van der Waals surface area contributed by atoms with Crippen LogP contribution < -0.4 is 5.32 Å². The number of benzene rings is 3. The number of aromatic nitrogens is 3. The van der Waals surface area contributed by atoms with E-state index in [0.29, 0.717) is 6.04 Å². The molecule has 146 valence electrons. The Balaban J connectivity index is 0.00000205. The highest BCUT2D eigenvalue weighted by Crippen LogP contribution is 2.25. The average molecular weight is 403 g/mol. The van der Waals surface area contributed by atoms with E-state index < -0.39 is 0 Å². The summed E-state index contributed by atoms with van der Waals surface area (Å²) in [6.45, 7) is 0.892. The number of fused-ring (bicyclic) bond motifs is 1. The lowest BCUT2D eigenvalue weighted by molar-refractivity contribution is 0.533. The lowest BCUT2D eigenvalue weighted by Gasteiger charge is -2.13. The minimum Gasteiger partial charge on any atom is -0.309 e. The van der Waals surface area contributed by atoms with Crippen LogP contribution in [0, 0.1) is 0 Å². The SMILES string of the molecule is Cl.c1cc(CNC2Cc3ccccc3C2)cc(-c2ccc(-c3ncn[nH]3)cc2)c1. The van der Waals surface area contributed by atoms with Gasteiger partial charge in [-0.2, -0.15) is 5.10 Å². The first kappa shape index (κ1) is 19.4. The minimum atomic E-state index is 0. The molecule has 4 nitrogen and oxygen atoms in total. The molecule has 0 saturated carbocycles. The molecule has 0 amide bonds. The maximum Gasteiger partial charge on any atom is 0.155 e. The van der Waals surface area contributed by atoms with Crippen molar-refractivity contribution in [2.24, 2.45) is 0 Å². The number of rotatable bonds is 5. The van der Waals surface area contributed by atoms with Crippen LogP contribution in [-0.4, -0.2) is 21.2 Å². The first-order valence-electron chi connectivity index (χ1n) is 9.70. The third kappa shape index (κ3) is 4.24. The van der Waals surface area contributed by atoms with E-state index in [0.717, 1.165) is 30.8 Å². The summed E-state index contributed by atoms with van der Waals surface area (Å²) in [5.74, 6) is 0.794. The molecule has 0 saturated heterocycles. The van der Waals surface area contributed by atoms with Gasteiger partial charge in [0.25, 0.3) is 0 Å². The van der Waals surface area contributed by atoms with Gasteiger partial charge in [-0.1, -0.05) is 66.7 Å². The smallest absolute Gasteiger partial charge is 0.155 e. The summed E-state index contributed by atoms with van der Waals surface area (Å²) in [7, 11) is 0. The van der Waals surface area contributed by atoms with Crippen LogP contribution in [0.2, 0.25) is 0 Å². The molecule has 2 N–H and O–H groups in total. The lowest BCUT2D eigenvalue weighted by Crippen LogP contribution is -2.28. The monoisotopic (exact) mass is 402 g/mol. The Morgan fingerprint density at radius 2 is 1.55 bits per heavy atom. The van der Waals surface area contributed by atoms with Crippen LogP contribution in [0.3, 0.4) is 0 Å². The summed E-state index contributed by atoms with van der Waals surface area (Å²) in [5.41, 5.74) is 7.77. The lowest BCUT2D eigenvalue weighted by atomic mass is 10.0. The molecule has 1 aliphatic carbocycles. The van der Waals surface area contributed by atoms with Crippen LogP contribution in [-0.2, 0) is 19.4 Å². The van der Waals surface area contributed by atoms with Crippen molar-refractivity contribution in [2.45, 2.75) is 25.4 Å². The number of nitrogens with one attached hydrogen (secondary N) is 2. The van der Waals surface area contributed by atoms with Crippen molar-refractivity contribution in [3.8, 4) is 22.5 Å². The zero-order valence-electron chi connectivity index (χ0n) is 16.0. The molecule has 1 heterocycles. The predicted molar refractivity (Wildman–Crippen MR) is 119 cm³/mol. The maximum atomic E-state index is 4.21. The number of nitrogens with zero attached hydrogens (tertiary/aromatic N) is 2. The molecular weight excluding hydrogens is 380 g/mol. The molecule has 0 spiro atoms. The maximum absolute atomic E-state index is 4.21. The van der Waals surface area contributed by atoms with Crippen molar-refractivity contribution in [1.29, 1.82) is 0 Å². The van der Waals surface area contributed by atoms with E-state index in [1.807, 2.05) is 0 Å². The summed E-state index contributed by atoms with van der Waals surface area (Å²) in [6, 6.07) is 26.5. The molecule has 1 aromatic heterocycles. The largest absolute Gasteiger partial charge is 0.309 e. The molecule has 29 heavy (non-hydrogen) atoms. The zero-order valence-corrected chi connectivity index (χ0v) is 16.8. The van der Waals surface area contributed by atoms with Crippen molar-refractivity contribution in [3.05, 3.63) is 95.8 Å². The molecule has 0 aliphatic heterocycles. The fraction of sp³-hybridized carbons (Fsp3) is 0.167. The molecule has 0 fully saturated rings. The van der Waals surface area contributed by atoms with Gasteiger partial charge in [0.05, 0.1) is 0 Å². The van der Waals surface area contributed by atoms with E-state index >= 15 is 0 Å². The molecule has 5 heteroatoms. The first-order valence-corrected chi connectivity index (χ1v) is 9.70. The van der Waals surface area contributed by atoms with E-state index in [-0.39, 0.29) is 12.4 Å². The van der Waals surface area contributed by atoms with Crippen molar-refractivity contribution in [2.75, 3.05) is 0 Å². The molecule has 0 radical (unpaired) electrons. The predicted octanol–water partition coefficient (Wildman–Crippen LogP) is 4.82. The number of halogens is 1. The van der Waals surface area contributed by atoms with Crippen molar-refractivity contribution >= 4 is 12.4 Å². The summed E-state index contributed by atoms with van der Waals surface area (Å²) < 4.78 is 0. The fourth-order valence-electron chi connectivity index (χ4n) is 3.99. The number of H-pyrrole nitrogens is 1. The zero-order chi connectivity index (χ0) is 18.8. The average Bonchev–Trinajstić information content (AvgIpc) is 3.42. The van der Waals surface area contributed by atoms with Crippen LogP contribution in [0.5, 0.6) is 0 Å². The van der Waals surface area contributed by atoms with E-state index in [9.17, 15) is 0 Å². The molecular formula is C24H23ClN4. The van der Waals surface area contributed by atoms with Gasteiger partial charge in [0.2, 0.25) is 0 Å². The fourth-order valence-corrected chi connectivity index (χ4v) is 3.99.